The van der Waals surface area contributed by atoms with Crippen molar-refractivity contribution >= 4 is 17.6 Å². The zero-order valence-corrected chi connectivity index (χ0v) is 11.1. The Morgan fingerprint density at radius 2 is 2.11 bits per heavy atom. The first-order valence-corrected chi connectivity index (χ1v) is 5.87. The van der Waals surface area contributed by atoms with Crippen molar-refractivity contribution in [3.05, 3.63) is 18.0 Å². The number of carbonyl (C=O) groups is 2. The molecule has 0 fully saturated rings. The third-order valence-corrected chi connectivity index (χ3v) is 2.60. The van der Waals surface area contributed by atoms with Crippen LogP contribution in [-0.4, -0.2) is 55.7 Å². The number of nitrogens with one attached hydrogen (secondary N) is 1. The smallest absolute Gasteiger partial charge is 0.307 e. The zero-order valence-electron chi connectivity index (χ0n) is 11.1. The number of carbonyl (C=O) groups excluding carboxylic acids is 2. The SMILES string of the molecule is COCCN(CCC(=O)OC)C(=O)c1cc(N)c[nH]1. The monoisotopic (exact) mass is 269 g/mol. The van der Waals surface area contributed by atoms with E-state index in [-0.39, 0.29) is 24.8 Å². The van der Waals surface area contributed by atoms with Gasteiger partial charge in [-0.15, -0.1) is 0 Å². The lowest BCUT2D eigenvalue weighted by Gasteiger charge is -2.21. The Kier molecular flexibility index (Phi) is 5.87. The molecule has 1 aromatic heterocycles. The molecule has 0 aliphatic carbocycles. The summed E-state index contributed by atoms with van der Waals surface area (Å²) in [5, 5.41) is 0. The van der Waals surface area contributed by atoms with Crippen LogP contribution in [0.2, 0.25) is 0 Å². The predicted octanol–water partition coefficient (Wildman–Crippen LogP) is 0.249. The van der Waals surface area contributed by atoms with Gasteiger partial charge < -0.3 is 25.1 Å². The van der Waals surface area contributed by atoms with Gasteiger partial charge in [0.1, 0.15) is 5.69 Å². The van der Waals surface area contributed by atoms with Crippen molar-refractivity contribution < 1.29 is 19.1 Å². The van der Waals surface area contributed by atoms with Crippen LogP contribution in [0.15, 0.2) is 12.3 Å². The first-order chi connectivity index (χ1) is 9.08. The lowest BCUT2D eigenvalue weighted by atomic mass is 10.3. The number of nitrogens with two attached hydrogens (primary N) is 1. The fraction of sp³-hybridized carbons (Fsp3) is 0.500. The van der Waals surface area contributed by atoms with Gasteiger partial charge in [0.2, 0.25) is 0 Å². The molecule has 7 heteroatoms. The number of hydrogen-bond donors (Lipinski definition) is 2. The van der Waals surface area contributed by atoms with Crippen molar-refractivity contribution in [1.29, 1.82) is 0 Å². The molecule has 0 atom stereocenters. The quantitative estimate of drug-likeness (QED) is 0.691. The molecule has 0 saturated carbocycles. The summed E-state index contributed by atoms with van der Waals surface area (Å²) in [6, 6.07) is 1.56. The minimum absolute atomic E-state index is 0.141. The molecule has 1 heterocycles. The maximum atomic E-state index is 12.2. The number of H-pyrrole nitrogens is 1. The van der Waals surface area contributed by atoms with Gasteiger partial charge in [-0.05, 0) is 6.07 Å². The van der Waals surface area contributed by atoms with Gasteiger partial charge in [0, 0.05) is 32.1 Å². The number of aromatic amines is 1. The van der Waals surface area contributed by atoms with Crippen molar-refractivity contribution in [2.75, 3.05) is 39.6 Å². The summed E-state index contributed by atoms with van der Waals surface area (Å²) < 4.78 is 9.51. The molecule has 19 heavy (non-hydrogen) atoms. The Hall–Kier alpha value is -2.02. The molecule has 7 nitrogen and oxygen atoms in total. The highest BCUT2D eigenvalue weighted by Gasteiger charge is 2.18. The third-order valence-electron chi connectivity index (χ3n) is 2.60. The topological polar surface area (TPSA) is 97.7 Å². The van der Waals surface area contributed by atoms with E-state index in [1.807, 2.05) is 0 Å². The number of nitrogens with zero attached hydrogens (tertiary/aromatic N) is 1. The third kappa shape index (κ3) is 4.63. The summed E-state index contributed by atoms with van der Waals surface area (Å²) in [5.74, 6) is -0.584. The minimum atomic E-state index is -0.360. The first kappa shape index (κ1) is 15.0. The first-order valence-electron chi connectivity index (χ1n) is 5.87. The fourth-order valence-electron chi connectivity index (χ4n) is 1.55. The van der Waals surface area contributed by atoms with Crippen molar-refractivity contribution in [2.45, 2.75) is 6.42 Å². The number of esters is 1. The summed E-state index contributed by atoms with van der Waals surface area (Å²) >= 11 is 0. The zero-order chi connectivity index (χ0) is 14.3. The van der Waals surface area contributed by atoms with Gasteiger partial charge in [-0.2, -0.15) is 0 Å². The molecule has 0 saturated heterocycles. The normalized spacial score (nSPS) is 10.2. The molecule has 0 aromatic carbocycles. The van der Waals surface area contributed by atoms with Crippen molar-refractivity contribution in [1.82, 2.24) is 9.88 Å². The molecule has 1 aromatic rings. The van der Waals surface area contributed by atoms with Crippen LogP contribution < -0.4 is 5.73 Å². The molecule has 0 unspecified atom stereocenters. The molecule has 0 radical (unpaired) electrons. The van der Waals surface area contributed by atoms with E-state index in [2.05, 4.69) is 9.72 Å². The number of methoxy groups -OCH3 is 2. The van der Waals surface area contributed by atoms with Gasteiger partial charge in [0.25, 0.3) is 5.91 Å². The van der Waals surface area contributed by atoms with Gasteiger partial charge in [-0.1, -0.05) is 0 Å². The fourth-order valence-corrected chi connectivity index (χ4v) is 1.55. The van der Waals surface area contributed by atoms with Crippen LogP contribution in [0.4, 0.5) is 5.69 Å². The Labute approximate surface area is 111 Å². The molecule has 1 amide bonds. The Balaban J connectivity index is 2.66. The standard InChI is InChI=1S/C12H19N3O4/c1-18-6-5-15(4-3-11(16)19-2)12(17)10-7-9(13)8-14-10/h7-8,14H,3-6,13H2,1-2H3. The van der Waals surface area contributed by atoms with E-state index in [0.29, 0.717) is 24.5 Å². The number of hydrogen-bond acceptors (Lipinski definition) is 5. The van der Waals surface area contributed by atoms with Gasteiger partial charge in [0.05, 0.1) is 20.1 Å². The van der Waals surface area contributed by atoms with E-state index in [1.165, 1.54) is 12.0 Å². The molecule has 0 aliphatic heterocycles. The van der Waals surface area contributed by atoms with E-state index in [4.69, 9.17) is 10.5 Å². The van der Waals surface area contributed by atoms with E-state index in [9.17, 15) is 9.59 Å². The van der Waals surface area contributed by atoms with E-state index < -0.39 is 0 Å². The number of rotatable bonds is 7. The summed E-state index contributed by atoms with van der Waals surface area (Å²) in [6.45, 7) is 1.06. The highest BCUT2D eigenvalue weighted by Crippen LogP contribution is 2.08. The number of ether oxygens (including phenoxy) is 2. The minimum Gasteiger partial charge on any atom is -0.469 e. The molecule has 0 bridgehead atoms. The second-order valence-corrected chi connectivity index (χ2v) is 3.96. The van der Waals surface area contributed by atoms with Crippen LogP contribution in [0.5, 0.6) is 0 Å². The molecule has 0 spiro atoms. The van der Waals surface area contributed by atoms with Gasteiger partial charge in [-0.3, -0.25) is 9.59 Å². The Morgan fingerprint density at radius 3 is 2.63 bits per heavy atom. The predicted molar refractivity (Wildman–Crippen MR) is 69.6 cm³/mol. The number of aromatic nitrogens is 1. The average molecular weight is 269 g/mol. The maximum absolute atomic E-state index is 12.2. The lowest BCUT2D eigenvalue weighted by Crippen LogP contribution is -2.36. The Bertz CT molecular complexity index is 430. The van der Waals surface area contributed by atoms with Crippen LogP contribution in [0, 0.1) is 0 Å². The highest BCUT2D eigenvalue weighted by atomic mass is 16.5. The van der Waals surface area contributed by atoms with Crippen LogP contribution >= 0.6 is 0 Å². The molecular formula is C12H19N3O4. The van der Waals surface area contributed by atoms with Crippen LogP contribution in [0.25, 0.3) is 0 Å². The largest absolute Gasteiger partial charge is 0.469 e. The average Bonchev–Trinajstić information content (AvgIpc) is 2.84. The molecule has 3 N–H and O–H groups in total. The van der Waals surface area contributed by atoms with Crippen LogP contribution in [0.1, 0.15) is 16.9 Å². The second kappa shape index (κ2) is 7.42. The van der Waals surface area contributed by atoms with Crippen LogP contribution in [0.3, 0.4) is 0 Å². The van der Waals surface area contributed by atoms with Crippen molar-refractivity contribution in [3.8, 4) is 0 Å². The van der Waals surface area contributed by atoms with Crippen molar-refractivity contribution in [2.24, 2.45) is 0 Å². The molecule has 106 valence electrons. The number of anilines is 1. The lowest BCUT2D eigenvalue weighted by molar-refractivity contribution is -0.140. The summed E-state index contributed by atoms with van der Waals surface area (Å²) in [6.07, 6.45) is 1.68. The van der Waals surface area contributed by atoms with E-state index >= 15 is 0 Å². The van der Waals surface area contributed by atoms with E-state index in [1.54, 1.807) is 19.4 Å². The molecule has 0 aliphatic rings. The second-order valence-electron chi connectivity index (χ2n) is 3.96. The molecular weight excluding hydrogens is 250 g/mol. The number of nitrogen functional groups attached to an aromatic ring is 1. The summed E-state index contributed by atoms with van der Waals surface area (Å²) in [7, 11) is 2.87. The number of amides is 1. The maximum Gasteiger partial charge on any atom is 0.307 e. The van der Waals surface area contributed by atoms with E-state index in [0.717, 1.165) is 0 Å². The van der Waals surface area contributed by atoms with Crippen LogP contribution in [-0.2, 0) is 14.3 Å². The highest BCUT2D eigenvalue weighted by molar-refractivity contribution is 5.93. The summed E-state index contributed by atoms with van der Waals surface area (Å²) in [5.41, 5.74) is 6.44. The van der Waals surface area contributed by atoms with Gasteiger partial charge in [-0.25, -0.2) is 0 Å². The van der Waals surface area contributed by atoms with Crippen molar-refractivity contribution in [3.63, 3.8) is 0 Å². The molecule has 1 rings (SSSR count). The summed E-state index contributed by atoms with van der Waals surface area (Å²) in [4.78, 5) is 27.6. The Morgan fingerprint density at radius 1 is 1.37 bits per heavy atom. The van der Waals surface area contributed by atoms with Gasteiger partial charge in [0.15, 0.2) is 0 Å². The van der Waals surface area contributed by atoms with Gasteiger partial charge >= 0.3 is 5.97 Å².